The molecule has 2 heterocycles. The van der Waals surface area contributed by atoms with Gasteiger partial charge >= 0.3 is 0 Å². The number of hydrogen-bond donors (Lipinski definition) is 2. The highest BCUT2D eigenvalue weighted by atomic mass is 16.3. The Hall–Kier alpha value is -1.46. The van der Waals surface area contributed by atoms with Gasteiger partial charge in [-0.25, -0.2) is 0 Å². The quantitative estimate of drug-likeness (QED) is 0.867. The van der Waals surface area contributed by atoms with E-state index in [9.17, 15) is 9.90 Å². The second kappa shape index (κ2) is 7.88. The predicted molar refractivity (Wildman–Crippen MR) is 89.1 cm³/mol. The summed E-state index contributed by atoms with van der Waals surface area (Å²) in [7, 11) is 0. The molecule has 3 rings (SSSR count). The zero-order chi connectivity index (χ0) is 16.1. The summed E-state index contributed by atoms with van der Waals surface area (Å²) in [5.41, 5.74) is 0.579. The monoisotopic (exact) mass is 317 g/mol. The molecule has 23 heavy (non-hydrogen) atoms. The van der Waals surface area contributed by atoms with Gasteiger partial charge in [-0.3, -0.25) is 9.78 Å². The minimum Gasteiger partial charge on any atom is -0.396 e. The van der Waals surface area contributed by atoms with Crippen LogP contribution in [0.5, 0.6) is 0 Å². The van der Waals surface area contributed by atoms with Crippen LogP contribution in [0, 0.1) is 11.8 Å². The summed E-state index contributed by atoms with van der Waals surface area (Å²) < 4.78 is 0. The average Bonchev–Trinajstić information content (AvgIpc) is 2.98. The minimum absolute atomic E-state index is 0.0243. The van der Waals surface area contributed by atoms with Crippen molar-refractivity contribution in [3.8, 4) is 0 Å². The Balaban J connectivity index is 1.55. The van der Waals surface area contributed by atoms with Gasteiger partial charge in [-0.1, -0.05) is 19.3 Å². The number of carbonyl (C=O) groups excluding carboxylic acids is 1. The number of aliphatic hydroxyl groups excluding tert-OH is 1. The van der Waals surface area contributed by atoms with Crippen molar-refractivity contribution in [2.75, 3.05) is 26.2 Å². The minimum atomic E-state index is -0.0962. The molecule has 1 amide bonds. The van der Waals surface area contributed by atoms with Crippen LogP contribution >= 0.6 is 0 Å². The molecule has 1 aromatic heterocycles. The highest BCUT2D eigenvalue weighted by Crippen LogP contribution is 2.27. The van der Waals surface area contributed by atoms with Crippen LogP contribution in [-0.2, 0) is 0 Å². The Morgan fingerprint density at radius 1 is 1.30 bits per heavy atom. The Morgan fingerprint density at radius 2 is 2.13 bits per heavy atom. The lowest BCUT2D eigenvalue weighted by Crippen LogP contribution is -2.41. The van der Waals surface area contributed by atoms with Gasteiger partial charge in [-0.2, -0.15) is 0 Å². The van der Waals surface area contributed by atoms with Crippen LogP contribution in [0.2, 0.25) is 0 Å². The molecule has 0 bridgehead atoms. The molecular weight excluding hydrogens is 290 g/mol. The summed E-state index contributed by atoms with van der Waals surface area (Å²) in [4.78, 5) is 18.7. The second-order valence-electron chi connectivity index (χ2n) is 6.99. The molecular formula is C18H27N3O2. The van der Waals surface area contributed by atoms with Gasteiger partial charge < -0.3 is 15.3 Å². The maximum Gasteiger partial charge on any atom is 0.253 e. The van der Waals surface area contributed by atoms with Crippen molar-refractivity contribution < 1.29 is 9.90 Å². The number of hydrogen-bond acceptors (Lipinski definition) is 4. The van der Waals surface area contributed by atoms with E-state index in [0.29, 0.717) is 5.56 Å². The Labute approximate surface area is 138 Å². The Bertz CT molecular complexity index is 502. The van der Waals surface area contributed by atoms with Crippen molar-refractivity contribution in [2.24, 2.45) is 11.8 Å². The van der Waals surface area contributed by atoms with E-state index in [4.69, 9.17) is 0 Å². The highest BCUT2D eigenvalue weighted by molar-refractivity contribution is 5.94. The Kier molecular flexibility index (Phi) is 5.62. The summed E-state index contributed by atoms with van der Waals surface area (Å²) in [5.74, 6) is 0.816. The Morgan fingerprint density at radius 3 is 2.83 bits per heavy atom. The largest absolute Gasteiger partial charge is 0.396 e. The molecule has 1 aromatic rings. The van der Waals surface area contributed by atoms with E-state index in [1.807, 2.05) is 0 Å². The molecule has 2 aliphatic rings. The zero-order valence-electron chi connectivity index (χ0n) is 13.7. The lowest BCUT2D eigenvalue weighted by molar-refractivity contribution is 0.0920. The number of likely N-dealkylation sites (tertiary alicyclic amines) is 1. The number of aliphatic hydroxyl groups is 1. The number of rotatable bonds is 5. The number of aromatic nitrogens is 1. The van der Waals surface area contributed by atoms with Gasteiger partial charge in [-0.05, 0) is 30.9 Å². The van der Waals surface area contributed by atoms with Crippen LogP contribution in [0.15, 0.2) is 24.5 Å². The molecule has 2 N–H and O–H groups in total. The smallest absolute Gasteiger partial charge is 0.253 e. The molecule has 0 spiro atoms. The van der Waals surface area contributed by atoms with Crippen molar-refractivity contribution in [1.29, 1.82) is 0 Å². The maximum absolute atomic E-state index is 12.3. The number of carbonyl (C=O) groups is 1. The van der Waals surface area contributed by atoms with Crippen LogP contribution in [-0.4, -0.2) is 53.2 Å². The average molecular weight is 317 g/mol. The number of pyridine rings is 1. The van der Waals surface area contributed by atoms with E-state index in [1.54, 1.807) is 24.5 Å². The van der Waals surface area contributed by atoms with E-state index >= 15 is 0 Å². The first kappa shape index (κ1) is 16.4. The standard InChI is InChI=1S/C18H27N3O2/c22-13-16-11-21(10-14-5-2-1-3-6-14)12-17(16)20-18(23)15-7-4-8-19-9-15/h4,7-9,14,16-17,22H,1-3,5-6,10-13H2,(H,20,23). The number of nitrogens with zero attached hydrogens (tertiary/aromatic N) is 2. The molecule has 1 aliphatic heterocycles. The van der Waals surface area contributed by atoms with Crippen molar-refractivity contribution in [3.05, 3.63) is 30.1 Å². The van der Waals surface area contributed by atoms with Gasteiger partial charge in [0.25, 0.3) is 5.91 Å². The molecule has 2 atom stereocenters. The molecule has 2 fully saturated rings. The molecule has 0 radical (unpaired) electrons. The van der Waals surface area contributed by atoms with Crippen molar-refractivity contribution in [3.63, 3.8) is 0 Å². The summed E-state index contributed by atoms with van der Waals surface area (Å²) >= 11 is 0. The zero-order valence-corrected chi connectivity index (χ0v) is 13.7. The molecule has 1 aliphatic carbocycles. The summed E-state index contributed by atoms with van der Waals surface area (Å²) in [6.07, 6.45) is 9.97. The first-order valence-electron chi connectivity index (χ1n) is 8.80. The maximum atomic E-state index is 12.3. The van der Waals surface area contributed by atoms with E-state index < -0.39 is 0 Å². The lowest BCUT2D eigenvalue weighted by atomic mass is 9.89. The second-order valence-corrected chi connectivity index (χ2v) is 6.99. The van der Waals surface area contributed by atoms with Gasteiger partial charge in [0.15, 0.2) is 0 Å². The third-order valence-corrected chi connectivity index (χ3v) is 5.23. The highest BCUT2D eigenvalue weighted by Gasteiger charge is 2.34. The SMILES string of the molecule is O=C(NC1CN(CC2CCCCC2)CC1CO)c1cccnc1. The summed E-state index contributed by atoms with van der Waals surface area (Å²) in [6, 6.07) is 3.56. The van der Waals surface area contributed by atoms with Crippen molar-refractivity contribution in [1.82, 2.24) is 15.2 Å². The fourth-order valence-electron chi connectivity index (χ4n) is 3.94. The molecule has 1 saturated heterocycles. The molecule has 1 saturated carbocycles. The van der Waals surface area contributed by atoms with Gasteiger partial charge in [0.2, 0.25) is 0 Å². The molecule has 5 heteroatoms. The first-order valence-corrected chi connectivity index (χ1v) is 8.80. The predicted octanol–water partition coefficient (Wildman–Crippen LogP) is 1.68. The summed E-state index contributed by atoms with van der Waals surface area (Å²) in [6.45, 7) is 2.95. The number of nitrogens with one attached hydrogen (secondary N) is 1. The van der Waals surface area contributed by atoms with Gasteiger partial charge in [0.05, 0.1) is 5.56 Å². The summed E-state index contributed by atoms with van der Waals surface area (Å²) in [5, 5.41) is 12.7. The molecule has 2 unspecified atom stereocenters. The van der Waals surface area contributed by atoms with Gasteiger partial charge in [-0.15, -0.1) is 0 Å². The third-order valence-electron chi connectivity index (χ3n) is 5.23. The van der Waals surface area contributed by atoms with E-state index in [0.717, 1.165) is 25.6 Å². The van der Waals surface area contributed by atoms with E-state index in [-0.39, 0.29) is 24.5 Å². The van der Waals surface area contributed by atoms with Gasteiger partial charge in [0, 0.05) is 50.6 Å². The van der Waals surface area contributed by atoms with Crippen LogP contribution < -0.4 is 5.32 Å². The number of amides is 1. The van der Waals surface area contributed by atoms with Crippen LogP contribution in [0.1, 0.15) is 42.5 Å². The van der Waals surface area contributed by atoms with Crippen LogP contribution in [0.25, 0.3) is 0 Å². The lowest BCUT2D eigenvalue weighted by Gasteiger charge is -2.26. The van der Waals surface area contributed by atoms with Crippen LogP contribution in [0.3, 0.4) is 0 Å². The molecule has 126 valence electrons. The van der Waals surface area contributed by atoms with E-state index in [1.165, 1.54) is 32.1 Å². The fraction of sp³-hybridized carbons (Fsp3) is 0.667. The molecule has 5 nitrogen and oxygen atoms in total. The molecule has 0 aromatic carbocycles. The topological polar surface area (TPSA) is 65.5 Å². The van der Waals surface area contributed by atoms with Crippen molar-refractivity contribution >= 4 is 5.91 Å². The van der Waals surface area contributed by atoms with Gasteiger partial charge in [0.1, 0.15) is 0 Å². The third kappa shape index (κ3) is 4.30. The van der Waals surface area contributed by atoms with E-state index in [2.05, 4.69) is 15.2 Å². The van der Waals surface area contributed by atoms with Crippen LogP contribution in [0.4, 0.5) is 0 Å². The van der Waals surface area contributed by atoms with Crippen molar-refractivity contribution in [2.45, 2.75) is 38.1 Å². The first-order chi connectivity index (χ1) is 11.3. The fourth-order valence-corrected chi connectivity index (χ4v) is 3.94. The normalized spacial score (nSPS) is 26.3.